The largest absolute Gasteiger partial charge is 0.494 e. The minimum Gasteiger partial charge on any atom is -0.494 e. The number of anilines is 1. The van der Waals surface area contributed by atoms with Crippen LogP contribution in [0.2, 0.25) is 0 Å². The van der Waals surface area contributed by atoms with Crippen molar-refractivity contribution in [2.45, 2.75) is 0 Å². The first-order chi connectivity index (χ1) is 8.58. The van der Waals surface area contributed by atoms with Crippen LogP contribution < -0.4 is 14.8 Å². The number of aliphatic carboxylic acids is 1. The summed E-state index contributed by atoms with van der Waals surface area (Å²) in [5, 5.41) is 10.9. The van der Waals surface area contributed by atoms with Gasteiger partial charge in [-0.2, -0.15) is 0 Å². The molecule has 0 radical (unpaired) electrons. The van der Waals surface area contributed by atoms with Crippen LogP contribution in [0.3, 0.4) is 0 Å². The van der Waals surface area contributed by atoms with Crippen LogP contribution in [0, 0.1) is 0 Å². The van der Waals surface area contributed by atoms with E-state index in [-0.39, 0.29) is 0 Å². The number of carboxylic acid groups (broad SMARTS) is 1. The molecule has 0 fully saturated rings. The van der Waals surface area contributed by atoms with Crippen molar-refractivity contribution < 1.29 is 24.2 Å². The van der Waals surface area contributed by atoms with Gasteiger partial charge >= 0.3 is 5.97 Å². The molecule has 0 saturated heterocycles. The summed E-state index contributed by atoms with van der Waals surface area (Å²) in [6, 6.07) is 5.01. The predicted octanol–water partition coefficient (Wildman–Crippen LogP) is 1.28. The average molecular weight is 251 g/mol. The van der Waals surface area contributed by atoms with Gasteiger partial charge in [0.15, 0.2) is 0 Å². The summed E-state index contributed by atoms with van der Waals surface area (Å²) in [7, 11) is 2.91. The zero-order valence-electron chi connectivity index (χ0n) is 9.97. The molecule has 0 aliphatic rings. The van der Waals surface area contributed by atoms with E-state index in [9.17, 15) is 9.59 Å². The fourth-order valence-electron chi connectivity index (χ4n) is 1.29. The molecule has 0 saturated carbocycles. The highest BCUT2D eigenvalue weighted by Gasteiger charge is 2.11. The number of para-hydroxylation sites is 1. The second-order valence-corrected chi connectivity index (χ2v) is 3.20. The van der Waals surface area contributed by atoms with E-state index in [2.05, 4.69) is 5.32 Å². The van der Waals surface area contributed by atoms with Crippen LogP contribution >= 0.6 is 0 Å². The number of carbonyl (C=O) groups excluding carboxylic acids is 1. The van der Waals surface area contributed by atoms with Crippen LogP contribution in [0.25, 0.3) is 0 Å². The Kier molecular flexibility index (Phi) is 4.74. The highest BCUT2D eigenvalue weighted by atomic mass is 16.5. The number of carbonyl (C=O) groups is 2. The van der Waals surface area contributed by atoms with E-state index in [1.165, 1.54) is 14.2 Å². The number of benzene rings is 1. The minimum atomic E-state index is -1.20. The first-order valence-corrected chi connectivity index (χ1v) is 5.01. The Hall–Kier alpha value is -2.50. The van der Waals surface area contributed by atoms with E-state index in [0.717, 1.165) is 12.2 Å². The van der Waals surface area contributed by atoms with E-state index < -0.39 is 11.9 Å². The average Bonchev–Trinajstić information content (AvgIpc) is 2.36. The zero-order chi connectivity index (χ0) is 13.5. The van der Waals surface area contributed by atoms with Gasteiger partial charge in [-0.05, 0) is 12.1 Å². The van der Waals surface area contributed by atoms with Crippen LogP contribution in [0.5, 0.6) is 11.5 Å². The zero-order valence-corrected chi connectivity index (χ0v) is 9.97. The molecule has 0 aliphatic heterocycles. The minimum absolute atomic E-state index is 0.350. The summed E-state index contributed by atoms with van der Waals surface area (Å²) >= 11 is 0. The van der Waals surface area contributed by atoms with Gasteiger partial charge in [0.2, 0.25) is 5.91 Å². The maximum atomic E-state index is 11.5. The van der Waals surface area contributed by atoms with Gasteiger partial charge in [0.05, 0.1) is 14.2 Å². The summed E-state index contributed by atoms with van der Waals surface area (Å²) in [5.41, 5.74) is 0.350. The molecule has 0 bridgehead atoms. The molecule has 2 N–H and O–H groups in total. The fourth-order valence-corrected chi connectivity index (χ4v) is 1.29. The van der Waals surface area contributed by atoms with Crippen molar-refractivity contribution in [2.24, 2.45) is 0 Å². The summed E-state index contributed by atoms with van der Waals surface area (Å²) in [6.45, 7) is 0. The van der Waals surface area contributed by atoms with Gasteiger partial charge in [0.1, 0.15) is 17.2 Å². The quantitative estimate of drug-likeness (QED) is 0.770. The third kappa shape index (κ3) is 3.51. The summed E-state index contributed by atoms with van der Waals surface area (Å²) in [4.78, 5) is 21.8. The van der Waals surface area contributed by atoms with Gasteiger partial charge in [-0.1, -0.05) is 6.07 Å². The summed E-state index contributed by atoms with van der Waals surface area (Å²) in [5.74, 6) is -0.935. The molecule has 1 aromatic rings. The second-order valence-electron chi connectivity index (χ2n) is 3.20. The van der Waals surface area contributed by atoms with Crippen molar-refractivity contribution in [1.29, 1.82) is 0 Å². The third-order valence-corrected chi connectivity index (χ3v) is 2.05. The Morgan fingerprint density at radius 2 is 1.72 bits per heavy atom. The van der Waals surface area contributed by atoms with Gasteiger partial charge in [-0.15, -0.1) is 0 Å². The van der Waals surface area contributed by atoms with E-state index in [1.807, 2.05) is 0 Å². The molecule has 0 aromatic heterocycles. The lowest BCUT2D eigenvalue weighted by atomic mass is 10.2. The number of ether oxygens (including phenoxy) is 2. The Bertz CT molecular complexity index is 459. The molecule has 6 heteroatoms. The van der Waals surface area contributed by atoms with E-state index in [0.29, 0.717) is 17.2 Å². The monoisotopic (exact) mass is 251 g/mol. The molecule has 6 nitrogen and oxygen atoms in total. The number of nitrogens with one attached hydrogen (secondary N) is 1. The normalized spacial score (nSPS) is 10.1. The first-order valence-electron chi connectivity index (χ1n) is 5.01. The van der Waals surface area contributed by atoms with Crippen molar-refractivity contribution in [3.05, 3.63) is 30.4 Å². The predicted molar refractivity (Wildman–Crippen MR) is 65.0 cm³/mol. The van der Waals surface area contributed by atoms with E-state index in [4.69, 9.17) is 14.6 Å². The highest BCUT2D eigenvalue weighted by molar-refractivity contribution is 6.04. The van der Waals surface area contributed by atoms with E-state index >= 15 is 0 Å². The number of amides is 1. The molecule has 1 aromatic carbocycles. The van der Waals surface area contributed by atoms with Crippen molar-refractivity contribution in [1.82, 2.24) is 0 Å². The number of carboxylic acids is 1. The molecule has 0 atom stereocenters. The molecule has 0 spiro atoms. The summed E-state index contributed by atoms with van der Waals surface area (Å²) in [6.07, 6.45) is 1.66. The van der Waals surface area contributed by atoms with Crippen LogP contribution in [0.15, 0.2) is 30.4 Å². The Balaban J connectivity index is 2.95. The number of hydrogen-bond acceptors (Lipinski definition) is 4. The SMILES string of the molecule is COc1cccc(OC)c1NC(=O)/C=C\C(=O)O. The number of methoxy groups -OCH3 is 2. The number of hydrogen-bond donors (Lipinski definition) is 2. The molecule has 0 heterocycles. The van der Waals surface area contributed by atoms with Crippen molar-refractivity contribution in [3.8, 4) is 11.5 Å². The molecule has 0 aliphatic carbocycles. The Labute approximate surface area is 104 Å². The molecule has 0 unspecified atom stereocenters. The Morgan fingerprint density at radius 3 is 2.17 bits per heavy atom. The molecule has 1 amide bonds. The Morgan fingerprint density at radius 1 is 1.17 bits per heavy atom. The van der Waals surface area contributed by atoms with Crippen LogP contribution in [-0.4, -0.2) is 31.2 Å². The smallest absolute Gasteiger partial charge is 0.328 e. The van der Waals surface area contributed by atoms with Crippen LogP contribution in [0.1, 0.15) is 0 Å². The lowest BCUT2D eigenvalue weighted by Gasteiger charge is -2.12. The van der Waals surface area contributed by atoms with Gasteiger partial charge < -0.3 is 19.9 Å². The van der Waals surface area contributed by atoms with Crippen molar-refractivity contribution in [2.75, 3.05) is 19.5 Å². The van der Waals surface area contributed by atoms with Gasteiger partial charge in [-0.25, -0.2) is 4.79 Å². The number of rotatable bonds is 5. The van der Waals surface area contributed by atoms with Crippen LogP contribution in [-0.2, 0) is 9.59 Å². The molecule has 96 valence electrons. The van der Waals surface area contributed by atoms with Crippen LogP contribution in [0.4, 0.5) is 5.69 Å². The molecular formula is C12H13NO5. The molecule has 1 rings (SSSR count). The maximum Gasteiger partial charge on any atom is 0.328 e. The maximum absolute atomic E-state index is 11.5. The standard InChI is InChI=1S/C12H13NO5/c1-17-8-4-3-5-9(18-2)12(8)13-10(14)6-7-11(15)16/h3-7H,1-2H3,(H,13,14)(H,15,16)/b7-6-. The third-order valence-electron chi connectivity index (χ3n) is 2.05. The fraction of sp³-hybridized carbons (Fsp3) is 0.167. The first kappa shape index (κ1) is 13.6. The lowest BCUT2D eigenvalue weighted by Crippen LogP contribution is -2.10. The summed E-state index contributed by atoms with van der Waals surface area (Å²) < 4.78 is 10.2. The van der Waals surface area contributed by atoms with Gasteiger partial charge in [0, 0.05) is 12.2 Å². The molecule has 18 heavy (non-hydrogen) atoms. The second kappa shape index (κ2) is 6.29. The molecular weight excluding hydrogens is 238 g/mol. The lowest BCUT2D eigenvalue weighted by molar-refractivity contribution is -0.131. The van der Waals surface area contributed by atoms with Gasteiger partial charge in [-0.3, -0.25) is 4.79 Å². The highest BCUT2D eigenvalue weighted by Crippen LogP contribution is 2.33. The van der Waals surface area contributed by atoms with Crippen molar-refractivity contribution >= 4 is 17.6 Å². The van der Waals surface area contributed by atoms with Crippen molar-refractivity contribution in [3.63, 3.8) is 0 Å². The van der Waals surface area contributed by atoms with E-state index in [1.54, 1.807) is 18.2 Å². The topological polar surface area (TPSA) is 84.9 Å². The van der Waals surface area contributed by atoms with Gasteiger partial charge in [0.25, 0.3) is 0 Å².